The number of rotatable bonds is 8. The van der Waals surface area contributed by atoms with Crippen molar-refractivity contribution in [1.29, 1.82) is 0 Å². The summed E-state index contributed by atoms with van der Waals surface area (Å²) in [6.07, 6.45) is 6.38. The van der Waals surface area contributed by atoms with Crippen LogP contribution in [0.15, 0.2) is 42.6 Å². The van der Waals surface area contributed by atoms with Gasteiger partial charge in [0.1, 0.15) is 5.82 Å². The zero-order valence-electron chi connectivity index (χ0n) is 23.3. The normalized spacial score (nSPS) is 20.8. The predicted molar refractivity (Wildman–Crippen MR) is 154 cm³/mol. The summed E-state index contributed by atoms with van der Waals surface area (Å²) in [5, 5.41) is 3.65. The number of anilines is 1. The van der Waals surface area contributed by atoms with Gasteiger partial charge in [-0.25, -0.2) is 4.39 Å². The molecular weight excluding hydrogens is 549 g/mol. The van der Waals surface area contributed by atoms with E-state index in [1.807, 2.05) is 35.9 Å². The van der Waals surface area contributed by atoms with E-state index in [1.165, 1.54) is 19.2 Å². The Kier molecular flexibility index (Phi) is 8.94. The first-order valence-electron chi connectivity index (χ1n) is 14.1. The SMILES string of the molecule is COC(=O)C1CCC(OC[C@@H]2CCCN2C(=O)Cc2cc(Cl)c(NC(=O)c3cn(C)c4ccccc34)cc2F)CC1. The van der Waals surface area contributed by atoms with Gasteiger partial charge in [0.25, 0.3) is 5.91 Å². The molecule has 0 bridgehead atoms. The van der Waals surface area contributed by atoms with Gasteiger partial charge in [-0.1, -0.05) is 29.8 Å². The summed E-state index contributed by atoms with van der Waals surface area (Å²) < 4.78 is 28.0. The summed E-state index contributed by atoms with van der Waals surface area (Å²) in [6.45, 7) is 1.01. The molecule has 5 rings (SSSR count). The number of methoxy groups -OCH3 is 1. The first kappa shape index (κ1) is 29.1. The summed E-state index contributed by atoms with van der Waals surface area (Å²) in [7, 11) is 3.27. The Morgan fingerprint density at radius 1 is 1.10 bits per heavy atom. The molecule has 0 radical (unpaired) electrons. The van der Waals surface area contributed by atoms with Gasteiger partial charge in [-0.3, -0.25) is 14.4 Å². The summed E-state index contributed by atoms with van der Waals surface area (Å²) >= 11 is 6.44. The van der Waals surface area contributed by atoms with Crippen LogP contribution in [0.4, 0.5) is 10.1 Å². The molecule has 218 valence electrons. The summed E-state index contributed by atoms with van der Waals surface area (Å²) in [5.74, 6) is -1.42. The van der Waals surface area contributed by atoms with Crippen molar-refractivity contribution in [2.24, 2.45) is 13.0 Å². The number of likely N-dealkylation sites (tertiary alicyclic amines) is 1. The molecule has 1 N–H and O–H groups in total. The highest BCUT2D eigenvalue weighted by Crippen LogP contribution is 2.30. The predicted octanol–water partition coefficient (Wildman–Crippen LogP) is 5.51. The van der Waals surface area contributed by atoms with E-state index >= 15 is 4.39 Å². The fraction of sp³-hybridized carbons (Fsp3) is 0.452. The van der Waals surface area contributed by atoms with E-state index in [-0.39, 0.29) is 52.6 Å². The maximum absolute atomic E-state index is 15.1. The highest BCUT2D eigenvalue weighted by molar-refractivity contribution is 6.34. The largest absolute Gasteiger partial charge is 0.469 e. The Morgan fingerprint density at radius 2 is 1.85 bits per heavy atom. The number of hydrogen-bond acceptors (Lipinski definition) is 5. The molecule has 2 amide bonds. The van der Waals surface area contributed by atoms with Crippen LogP contribution >= 0.6 is 11.6 Å². The molecule has 2 fully saturated rings. The highest BCUT2D eigenvalue weighted by Gasteiger charge is 2.32. The highest BCUT2D eigenvalue weighted by atomic mass is 35.5. The minimum atomic E-state index is -0.606. The van der Waals surface area contributed by atoms with Crippen LogP contribution in [0.1, 0.15) is 54.4 Å². The molecule has 2 heterocycles. The van der Waals surface area contributed by atoms with Crippen molar-refractivity contribution in [1.82, 2.24) is 9.47 Å². The molecule has 1 aliphatic carbocycles. The number of aromatic nitrogens is 1. The van der Waals surface area contributed by atoms with E-state index in [0.717, 1.165) is 49.4 Å². The lowest BCUT2D eigenvalue weighted by molar-refractivity contribution is -0.148. The van der Waals surface area contributed by atoms with Crippen LogP contribution in [-0.2, 0) is 32.5 Å². The van der Waals surface area contributed by atoms with Crippen molar-refractivity contribution in [3.05, 3.63) is 64.6 Å². The van der Waals surface area contributed by atoms with Crippen molar-refractivity contribution in [2.45, 2.75) is 57.1 Å². The fourth-order valence-corrected chi connectivity index (χ4v) is 6.25. The van der Waals surface area contributed by atoms with Crippen LogP contribution in [0, 0.1) is 11.7 Å². The molecule has 3 aromatic rings. The third-order valence-corrected chi connectivity index (χ3v) is 8.61. The molecule has 8 nitrogen and oxygen atoms in total. The maximum atomic E-state index is 15.1. The van der Waals surface area contributed by atoms with E-state index in [1.54, 1.807) is 11.1 Å². The molecule has 1 atom stereocenters. The van der Waals surface area contributed by atoms with Crippen LogP contribution in [0.25, 0.3) is 10.9 Å². The number of hydrogen-bond donors (Lipinski definition) is 1. The van der Waals surface area contributed by atoms with Crippen molar-refractivity contribution < 1.29 is 28.2 Å². The molecule has 41 heavy (non-hydrogen) atoms. The van der Waals surface area contributed by atoms with Crippen LogP contribution in [0.2, 0.25) is 5.02 Å². The first-order chi connectivity index (χ1) is 19.7. The molecule has 1 aromatic heterocycles. The first-order valence-corrected chi connectivity index (χ1v) is 14.4. The van der Waals surface area contributed by atoms with Gasteiger partial charge in [-0.2, -0.15) is 0 Å². The lowest BCUT2D eigenvalue weighted by Crippen LogP contribution is -2.40. The topological polar surface area (TPSA) is 89.9 Å². The molecule has 0 unspecified atom stereocenters. The second-order valence-corrected chi connectivity index (χ2v) is 11.3. The number of carbonyl (C=O) groups is 3. The average Bonchev–Trinajstić information content (AvgIpc) is 3.59. The van der Waals surface area contributed by atoms with E-state index in [4.69, 9.17) is 21.1 Å². The lowest BCUT2D eigenvalue weighted by Gasteiger charge is -2.30. The summed E-state index contributed by atoms with van der Waals surface area (Å²) in [5.41, 5.74) is 1.68. The second-order valence-electron chi connectivity index (χ2n) is 10.9. The Morgan fingerprint density at radius 3 is 2.61 bits per heavy atom. The molecule has 2 aliphatic rings. The second kappa shape index (κ2) is 12.6. The third kappa shape index (κ3) is 6.41. The minimum Gasteiger partial charge on any atom is -0.469 e. The molecule has 1 aliphatic heterocycles. The van der Waals surface area contributed by atoms with Crippen molar-refractivity contribution in [2.75, 3.05) is 25.6 Å². The van der Waals surface area contributed by atoms with Gasteiger partial charge >= 0.3 is 5.97 Å². The zero-order chi connectivity index (χ0) is 29.1. The van der Waals surface area contributed by atoms with Gasteiger partial charge < -0.3 is 24.3 Å². The van der Waals surface area contributed by atoms with Gasteiger partial charge in [0.15, 0.2) is 0 Å². The molecular formula is C31H35ClFN3O5. The number of ether oxygens (including phenoxy) is 2. The number of benzene rings is 2. The number of aryl methyl sites for hydroxylation is 1. The number of amides is 2. The van der Waals surface area contributed by atoms with Crippen LogP contribution in [-0.4, -0.2) is 59.7 Å². The fourth-order valence-electron chi connectivity index (χ4n) is 6.01. The summed E-state index contributed by atoms with van der Waals surface area (Å²) in [6, 6.07) is 10.0. The monoisotopic (exact) mass is 583 g/mol. The van der Waals surface area contributed by atoms with Crippen molar-refractivity contribution in [3.63, 3.8) is 0 Å². The molecule has 2 aromatic carbocycles. The smallest absolute Gasteiger partial charge is 0.308 e. The Labute approximate surface area is 243 Å². The number of carbonyl (C=O) groups excluding carboxylic acids is 3. The number of fused-ring (bicyclic) bond motifs is 1. The Balaban J connectivity index is 1.18. The van der Waals surface area contributed by atoms with E-state index < -0.39 is 11.7 Å². The number of nitrogens with one attached hydrogen (secondary N) is 1. The van der Waals surface area contributed by atoms with Gasteiger partial charge in [-0.05, 0) is 62.3 Å². The van der Waals surface area contributed by atoms with Crippen molar-refractivity contribution in [3.8, 4) is 0 Å². The minimum absolute atomic E-state index is 0.0568. The standard InChI is InChI=1S/C31H35ClFN3O5/c1-35-17-24(23-7-3-4-8-28(23)35)30(38)34-27-16-26(33)20(14-25(27)32)15-29(37)36-13-5-6-21(36)18-41-22-11-9-19(10-12-22)31(39)40-2/h3-4,7-8,14,16-17,19,21-22H,5-6,9-13,15,18H2,1-2H3,(H,34,38)/t19?,21-,22?/m0/s1. The third-order valence-electron chi connectivity index (χ3n) is 8.30. The van der Waals surface area contributed by atoms with Gasteiger partial charge in [0.2, 0.25) is 5.91 Å². The van der Waals surface area contributed by atoms with Gasteiger partial charge in [0.05, 0.1) is 54.5 Å². The van der Waals surface area contributed by atoms with Gasteiger partial charge in [0, 0.05) is 30.7 Å². The number of esters is 1. The number of halogens is 2. The van der Waals surface area contributed by atoms with Crippen LogP contribution in [0.3, 0.4) is 0 Å². The number of para-hydroxylation sites is 1. The molecule has 10 heteroatoms. The van der Waals surface area contributed by atoms with Crippen molar-refractivity contribution >= 4 is 46.0 Å². The van der Waals surface area contributed by atoms with Crippen LogP contribution in [0.5, 0.6) is 0 Å². The van der Waals surface area contributed by atoms with E-state index in [9.17, 15) is 14.4 Å². The quantitative estimate of drug-likeness (QED) is 0.354. The summed E-state index contributed by atoms with van der Waals surface area (Å²) in [4.78, 5) is 39.7. The average molecular weight is 584 g/mol. The molecule has 1 saturated carbocycles. The van der Waals surface area contributed by atoms with Gasteiger partial charge in [-0.15, -0.1) is 0 Å². The van der Waals surface area contributed by atoms with Crippen LogP contribution < -0.4 is 5.32 Å². The molecule has 0 spiro atoms. The number of nitrogens with zero attached hydrogens (tertiary/aromatic N) is 2. The maximum Gasteiger partial charge on any atom is 0.308 e. The lowest BCUT2D eigenvalue weighted by atomic mass is 9.87. The molecule has 1 saturated heterocycles. The Hall–Kier alpha value is -3.43. The van der Waals surface area contributed by atoms with E-state index in [2.05, 4.69) is 5.32 Å². The Bertz CT molecular complexity index is 1450. The zero-order valence-corrected chi connectivity index (χ0v) is 24.1. The van der Waals surface area contributed by atoms with E-state index in [0.29, 0.717) is 18.7 Å².